The zero-order valence-electron chi connectivity index (χ0n) is 9.64. The maximum Gasteiger partial charge on any atom is 0.410 e. The molecule has 1 fully saturated rings. The largest absolute Gasteiger partial charge is 0.445 e. The molecule has 2 rings (SSSR count). The van der Waals surface area contributed by atoms with Gasteiger partial charge in [-0.15, -0.1) is 0 Å². The number of alkyl halides is 1. The van der Waals surface area contributed by atoms with Crippen LogP contribution in [0, 0.1) is 0 Å². The molecule has 92 valence electrons. The molecule has 1 aliphatic rings. The summed E-state index contributed by atoms with van der Waals surface area (Å²) in [4.78, 5) is 13.2. The number of nitrogens with zero attached hydrogens (tertiary/aromatic N) is 1. The summed E-state index contributed by atoms with van der Waals surface area (Å²) in [6.45, 7) is 1.18. The molecule has 0 aromatic heterocycles. The van der Waals surface area contributed by atoms with E-state index in [1.807, 2.05) is 30.3 Å². The Kier molecular flexibility index (Phi) is 3.96. The van der Waals surface area contributed by atoms with Crippen LogP contribution in [0.4, 0.5) is 9.18 Å². The number of hydrogen-bond acceptors (Lipinski definition) is 2. The van der Waals surface area contributed by atoms with Crippen molar-refractivity contribution in [1.82, 2.24) is 4.90 Å². The first-order valence-corrected chi connectivity index (χ1v) is 5.85. The van der Waals surface area contributed by atoms with Gasteiger partial charge in [0, 0.05) is 13.1 Å². The summed E-state index contributed by atoms with van der Waals surface area (Å²) < 4.78 is 18.1. The molecule has 0 unspecified atom stereocenters. The van der Waals surface area contributed by atoms with Gasteiger partial charge in [0.15, 0.2) is 0 Å². The number of benzene rings is 1. The predicted molar refractivity (Wildman–Crippen MR) is 62.3 cm³/mol. The quantitative estimate of drug-likeness (QED) is 0.791. The second-order valence-corrected chi connectivity index (χ2v) is 4.20. The molecule has 1 aromatic rings. The second kappa shape index (κ2) is 5.66. The highest BCUT2D eigenvalue weighted by Crippen LogP contribution is 2.14. The number of halogens is 1. The van der Waals surface area contributed by atoms with Gasteiger partial charge < -0.3 is 9.64 Å². The number of carbonyl (C=O) groups is 1. The van der Waals surface area contributed by atoms with Gasteiger partial charge in [-0.05, 0) is 18.4 Å². The molecule has 4 heteroatoms. The number of hydrogen-bond donors (Lipinski definition) is 0. The van der Waals surface area contributed by atoms with E-state index in [4.69, 9.17) is 4.74 Å². The molecule has 0 radical (unpaired) electrons. The highest BCUT2D eigenvalue weighted by Gasteiger charge is 2.23. The number of piperidine rings is 1. The Morgan fingerprint density at radius 1 is 1.29 bits per heavy atom. The Morgan fingerprint density at radius 2 is 1.94 bits per heavy atom. The highest BCUT2D eigenvalue weighted by atomic mass is 19.1. The molecule has 3 nitrogen and oxygen atoms in total. The van der Waals surface area contributed by atoms with Crippen LogP contribution in [0.15, 0.2) is 30.3 Å². The van der Waals surface area contributed by atoms with Crippen molar-refractivity contribution < 1.29 is 13.9 Å². The minimum atomic E-state index is -0.770. The summed E-state index contributed by atoms with van der Waals surface area (Å²) in [5.41, 5.74) is 0.959. The molecule has 0 saturated carbocycles. The summed E-state index contributed by atoms with van der Waals surface area (Å²) in [5, 5.41) is 0. The lowest BCUT2D eigenvalue weighted by atomic mass is 10.1. The van der Waals surface area contributed by atoms with E-state index in [2.05, 4.69) is 0 Å². The third kappa shape index (κ3) is 3.44. The van der Waals surface area contributed by atoms with E-state index >= 15 is 0 Å². The van der Waals surface area contributed by atoms with Gasteiger partial charge in [0.2, 0.25) is 0 Å². The number of likely N-dealkylation sites (tertiary alicyclic amines) is 1. The van der Waals surface area contributed by atoms with Crippen molar-refractivity contribution in [2.24, 2.45) is 0 Å². The number of ether oxygens (including phenoxy) is 1. The summed E-state index contributed by atoms with van der Waals surface area (Å²) >= 11 is 0. The van der Waals surface area contributed by atoms with Gasteiger partial charge in [-0.1, -0.05) is 30.3 Å². The average molecular weight is 237 g/mol. The van der Waals surface area contributed by atoms with Crippen LogP contribution >= 0.6 is 0 Å². The zero-order chi connectivity index (χ0) is 12.1. The van der Waals surface area contributed by atoms with Crippen LogP contribution in [-0.2, 0) is 11.3 Å². The van der Waals surface area contributed by atoms with E-state index in [0.717, 1.165) is 5.56 Å². The molecule has 1 aliphatic heterocycles. The van der Waals surface area contributed by atoms with Crippen LogP contribution < -0.4 is 0 Å². The SMILES string of the molecule is O=C(OCc1ccccc1)N1CCC(F)CC1. The molecule has 1 amide bonds. The molecule has 0 N–H and O–H groups in total. The van der Waals surface area contributed by atoms with Crippen LogP contribution in [0.3, 0.4) is 0 Å². The monoisotopic (exact) mass is 237 g/mol. The van der Waals surface area contributed by atoms with Crippen LogP contribution in [-0.4, -0.2) is 30.3 Å². The fraction of sp³-hybridized carbons (Fsp3) is 0.462. The molecule has 0 spiro atoms. The Bertz CT molecular complexity index is 361. The van der Waals surface area contributed by atoms with Crippen molar-refractivity contribution in [3.8, 4) is 0 Å². The maximum absolute atomic E-state index is 12.9. The Morgan fingerprint density at radius 3 is 2.59 bits per heavy atom. The summed E-state index contributed by atoms with van der Waals surface area (Å²) in [6.07, 6.45) is -0.283. The van der Waals surface area contributed by atoms with Crippen LogP contribution in [0.1, 0.15) is 18.4 Å². The molecular formula is C13H16FNO2. The van der Waals surface area contributed by atoms with Gasteiger partial charge in [-0.3, -0.25) is 0 Å². The highest BCUT2D eigenvalue weighted by molar-refractivity contribution is 5.67. The Labute approximate surface area is 100 Å². The third-order valence-electron chi connectivity index (χ3n) is 2.89. The van der Waals surface area contributed by atoms with E-state index < -0.39 is 6.17 Å². The summed E-state index contributed by atoms with van der Waals surface area (Å²) in [6, 6.07) is 9.52. The topological polar surface area (TPSA) is 29.5 Å². The predicted octanol–water partition coefficient (Wildman–Crippen LogP) is 2.76. The van der Waals surface area contributed by atoms with E-state index in [0.29, 0.717) is 25.9 Å². The van der Waals surface area contributed by atoms with Crippen molar-refractivity contribution in [3.05, 3.63) is 35.9 Å². The van der Waals surface area contributed by atoms with Crippen molar-refractivity contribution in [1.29, 1.82) is 0 Å². The lowest BCUT2D eigenvalue weighted by Gasteiger charge is -2.27. The molecule has 0 atom stereocenters. The number of carbonyl (C=O) groups excluding carboxylic acids is 1. The van der Waals surface area contributed by atoms with Crippen LogP contribution in [0.5, 0.6) is 0 Å². The van der Waals surface area contributed by atoms with Gasteiger partial charge >= 0.3 is 6.09 Å². The molecular weight excluding hydrogens is 221 g/mol. The van der Waals surface area contributed by atoms with Crippen molar-refractivity contribution >= 4 is 6.09 Å². The Balaban J connectivity index is 1.78. The van der Waals surface area contributed by atoms with E-state index in [1.54, 1.807) is 4.90 Å². The Hall–Kier alpha value is -1.58. The van der Waals surface area contributed by atoms with Crippen molar-refractivity contribution in [2.75, 3.05) is 13.1 Å². The molecule has 1 saturated heterocycles. The van der Waals surface area contributed by atoms with Crippen LogP contribution in [0.25, 0.3) is 0 Å². The minimum absolute atomic E-state index is 0.273. The van der Waals surface area contributed by atoms with Crippen molar-refractivity contribution in [3.63, 3.8) is 0 Å². The van der Waals surface area contributed by atoms with Crippen LogP contribution in [0.2, 0.25) is 0 Å². The third-order valence-corrected chi connectivity index (χ3v) is 2.89. The maximum atomic E-state index is 12.9. The van der Waals surface area contributed by atoms with Gasteiger partial charge in [-0.2, -0.15) is 0 Å². The van der Waals surface area contributed by atoms with E-state index in [-0.39, 0.29) is 12.7 Å². The fourth-order valence-corrected chi connectivity index (χ4v) is 1.84. The number of rotatable bonds is 2. The van der Waals surface area contributed by atoms with Gasteiger partial charge in [0.25, 0.3) is 0 Å². The molecule has 0 aliphatic carbocycles. The molecule has 1 heterocycles. The van der Waals surface area contributed by atoms with E-state index in [9.17, 15) is 9.18 Å². The van der Waals surface area contributed by atoms with Gasteiger partial charge in [0.05, 0.1) is 0 Å². The molecule has 17 heavy (non-hydrogen) atoms. The zero-order valence-corrected chi connectivity index (χ0v) is 9.64. The van der Waals surface area contributed by atoms with Gasteiger partial charge in [-0.25, -0.2) is 9.18 Å². The standard InChI is InChI=1S/C13H16FNO2/c14-12-6-8-15(9-7-12)13(16)17-10-11-4-2-1-3-5-11/h1-5,12H,6-10H2. The average Bonchev–Trinajstić information content (AvgIpc) is 2.38. The van der Waals surface area contributed by atoms with E-state index in [1.165, 1.54) is 0 Å². The van der Waals surface area contributed by atoms with Gasteiger partial charge in [0.1, 0.15) is 12.8 Å². The first-order valence-electron chi connectivity index (χ1n) is 5.85. The van der Waals surface area contributed by atoms with Crippen molar-refractivity contribution in [2.45, 2.75) is 25.6 Å². The normalized spacial score (nSPS) is 16.9. The lowest BCUT2D eigenvalue weighted by Crippen LogP contribution is -2.39. The molecule has 1 aromatic carbocycles. The lowest BCUT2D eigenvalue weighted by molar-refractivity contribution is 0.0772. The first kappa shape index (κ1) is 11.9. The molecule has 0 bridgehead atoms. The fourth-order valence-electron chi connectivity index (χ4n) is 1.84. The summed E-state index contributed by atoms with van der Waals surface area (Å²) in [5.74, 6) is 0. The second-order valence-electron chi connectivity index (χ2n) is 4.20. The number of amides is 1. The minimum Gasteiger partial charge on any atom is -0.445 e. The smallest absolute Gasteiger partial charge is 0.410 e. The first-order chi connectivity index (χ1) is 8.25. The summed E-state index contributed by atoms with van der Waals surface area (Å²) in [7, 11) is 0.